The summed E-state index contributed by atoms with van der Waals surface area (Å²) < 4.78 is 19.1. The van der Waals surface area contributed by atoms with Crippen molar-refractivity contribution in [2.75, 3.05) is 6.54 Å². The summed E-state index contributed by atoms with van der Waals surface area (Å²) in [6.45, 7) is 5.45. The third-order valence-corrected chi connectivity index (χ3v) is 3.64. The Kier molecular flexibility index (Phi) is 5.49. The molecule has 1 aromatic carbocycles. The van der Waals surface area contributed by atoms with Gasteiger partial charge in [0.15, 0.2) is 0 Å². The van der Waals surface area contributed by atoms with Crippen LogP contribution in [0.15, 0.2) is 29.1 Å². The van der Waals surface area contributed by atoms with Crippen molar-refractivity contribution in [1.82, 2.24) is 10.3 Å². The summed E-state index contributed by atoms with van der Waals surface area (Å²) in [5.41, 5.74) is 3.59. The molecule has 0 aliphatic carbocycles. The van der Waals surface area contributed by atoms with Crippen LogP contribution in [0.2, 0.25) is 0 Å². The SMILES string of the molecule is CCCNC(C)c1ccc(F)cc1OCc1cscn1. The summed E-state index contributed by atoms with van der Waals surface area (Å²) in [6.07, 6.45) is 1.06. The molecule has 5 heteroatoms. The highest BCUT2D eigenvalue weighted by molar-refractivity contribution is 7.07. The average molecular weight is 294 g/mol. The average Bonchev–Trinajstić information content (AvgIpc) is 2.96. The zero-order chi connectivity index (χ0) is 14.4. The quantitative estimate of drug-likeness (QED) is 0.840. The minimum absolute atomic E-state index is 0.126. The van der Waals surface area contributed by atoms with E-state index >= 15 is 0 Å². The van der Waals surface area contributed by atoms with Gasteiger partial charge in [0.05, 0.1) is 11.2 Å². The summed E-state index contributed by atoms with van der Waals surface area (Å²) in [5, 5.41) is 5.31. The number of rotatable bonds is 7. The normalized spacial score (nSPS) is 12.3. The standard InChI is InChI=1S/C15H19FN2OS/c1-3-6-17-11(2)14-5-4-12(16)7-15(14)19-8-13-9-20-10-18-13/h4-5,7,9-11,17H,3,6,8H2,1-2H3. The molecule has 0 saturated carbocycles. The zero-order valence-electron chi connectivity index (χ0n) is 11.7. The fraction of sp³-hybridized carbons (Fsp3) is 0.400. The van der Waals surface area contributed by atoms with E-state index in [4.69, 9.17) is 4.74 Å². The molecule has 1 aromatic heterocycles. The molecule has 2 rings (SSSR count). The third-order valence-electron chi connectivity index (χ3n) is 3.00. The second-order valence-electron chi connectivity index (χ2n) is 4.63. The van der Waals surface area contributed by atoms with Crippen molar-refractivity contribution in [3.63, 3.8) is 0 Å². The molecule has 2 aromatic rings. The summed E-state index contributed by atoms with van der Waals surface area (Å²) in [5.74, 6) is 0.291. The van der Waals surface area contributed by atoms with Crippen molar-refractivity contribution in [2.45, 2.75) is 32.9 Å². The summed E-state index contributed by atoms with van der Waals surface area (Å²) in [7, 11) is 0. The molecular weight excluding hydrogens is 275 g/mol. The smallest absolute Gasteiger partial charge is 0.131 e. The maximum Gasteiger partial charge on any atom is 0.131 e. The van der Waals surface area contributed by atoms with E-state index < -0.39 is 0 Å². The Labute approximate surface area is 122 Å². The molecule has 0 bridgehead atoms. The number of benzene rings is 1. The minimum Gasteiger partial charge on any atom is -0.487 e. The largest absolute Gasteiger partial charge is 0.487 e. The van der Waals surface area contributed by atoms with Crippen LogP contribution < -0.4 is 10.1 Å². The van der Waals surface area contributed by atoms with Crippen LogP contribution in [0, 0.1) is 5.82 Å². The van der Waals surface area contributed by atoms with Crippen LogP contribution in [-0.4, -0.2) is 11.5 Å². The lowest BCUT2D eigenvalue weighted by Gasteiger charge is -2.18. The molecule has 20 heavy (non-hydrogen) atoms. The molecule has 1 heterocycles. The Bertz CT molecular complexity index is 531. The Morgan fingerprint density at radius 3 is 3.00 bits per heavy atom. The number of nitrogens with one attached hydrogen (secondary N) is 1. The molecule has 0 fully saturated rings. The lowest BCUT2D eigenvalue weighted by molar-refractivity contribution is 0.294. The lowest BCUT2D eigenvalue weighted by atomic mass is 10.1. The number of hydrogen-bond acceptors (Lipinski definition) is 4. The first kappa shape index (κ1) is 14.9. The van der Waals surface area contributed by atoms with Gasteiger partial charge in [-0.1, -0.05) is 13.0 Å². The van der Waals surface area contributed by atoms with Crippen molar-refractivity contribution in [3.8, 4) is 5.75 Å². The first-order valence-electron chi connectivity index (χ1n) is 6.73. The maximum atomic E-state index is 13.4. The molecule has 108 valence electrons. The van der Waals surface area contributed by atoms with Gasteiger partial charge in [-0.3, -0.25) is 0 Å². The highest BCUT2D eigenvalue weighted by Gasteiger charge is 2.12. The molecule has 0 aliphatic rings. The monoisotopic (exact) mass is 294 g/mol. The molecule has 0 radical (unpaired) electrons. The van der Waals surface area contributed by atoms with E-state index in [0.717, 1.165) is 24.2 Å². The van der Waals surface area contributed by atoms with Crippen molar-refractivity contribution < 1.29 is 9.13 Å². The van der Waals surface area contributed by atoms with E-state index in [0.29, 0.717) is 12.4 Å². The lowest BCUT2D eigenvalue weighted by Crippen LogP contribution is -2.20. The molecule has 0 spiro atoms. The number of ether oxygens (including phenoxy) is 1. The van der Waals surface area contributed by atoms with Gasteiger partial charge >= 0.3 is 0 Å². The number of hydrogen-bond donors (Lipinski definition) is 1. The molecule has 1 atom stereocenters. The number of halogens is 1. The van der Waals surface area contributed by atoms with E-state index in [-0.39, 0.29) is 11.9 Å². The Morgan fingerprint density at radius 1 is 1.45 bits per heavy atom. The molecule has 1 N–H and O–H groups in total. The van der Waals surface area contributed by atoms with E-state index in [1.165, 1.54) is 23.5 Å². The van der Waals surface area contributed by atoms with Crippen LogP contribution in [0.3, 0.4) is 0 Å². The highest BCUT2D eigenvalue weighted by Crippen LogP contribution is 2.27. The van der Waals surface area contributed by atoms with Crippen molar-refractivity contribution in [2.24, 2.45) is 0 Å². The van der Waals surface area contributed by atoms with E-state index in [2.05, 4.69) is 24.1 Å². The van der Waals surface area contributed by atoms with Gasteiger partial charge in [-0.25, -0.2) is 9.37 Å². The van der Waals surface area contributed by atoms with Crippen molar-refractivity contribution in [1.29, 1.82) is 0 Å². The number of thiazole rings is 1. The predicted molar refractivity (Wildman–Crippen MR) is 79.6 cm³/mol. The van der Waals surface area contributed by atoms with Crippen LogP contribution in [0.4, 0.5) is 4.39 Å². The second-order valence-corrected chi connectivity index (χ2v) is 5.35. The minimum atomic E-state index is -0.287. The van der Waals surface area contributed by atoms with Gasteiger partial charge in [0, 0.05) is 23.1 Å². The Hall–Kier alpha value is -1.46. The Morgan fingerprint density at radius 2 is 2.30 bits per heavy atom. The van der Waals surface area contributed by atoms with Gasteiger partial charge in [-0.15, -0.1) is 11.3 Å². The van der Waals surface area contributed by atoms with Gasteiger partial charge in [0.1, 0.15) is 18.2 Å². The van der Waals surface area contributed by atoms with Gasteiger partial charge in [0.25, 0.3) is 0 Å². The summed E-state index contributed by atoms with van der Waals surface area (Å²) in [6, 6.07) is 4.81. The van der Waals surface area contributed by atoms with Gasteiger partial charge in [-0.05, 0) is 26.0 Å². The molecule has 0 amide bonds. The van der Waals surface area contributed by atoms with Crippen LogP contribution in [0.1, 0.15) is 37.6 Å². The van der Waals surface area contributed by atoms with E-state index in [1.54, 1.807) is 11.6 Å². The highest BCUT2D eigenvalue weighted by atomic mass is 32.1. The first-order chi connectivity index (χ1) is 9.70. The third kappa shape index (κ3) is 4.02. The van der Waals surface area contributed by atoms with Crippen molar-refractivity contribution in [3.05, 3.63) is 46.2 Å². The second kappa shape index (κ2) is 7.36. The molecule has 3 nitrogen and oxygen atoms in total. The molecule has 0 saturated heterocycles. The zero-order valence-corrected chi connectivity index (χ0v) is 12.5. The number of aromatic nitrogens is 1. The fourth-order valence-corrected chi connectivity index (χ4v) is 2.47. The van der Waals surface area contributed by atoms with Gasteiger partial charge < -0.3 is 10.1 Å². The van der Waals surface area contributed by atoms with Crippen molar-refractivity contribution >= 4 is 11.3 Å². The predicted octanol–water partition coefficient (Wildman–Crippen LogP) is 3.92. The van der Waals surface area contributed by atoms with Crippen LogP contribution in [0.25, 0.3) is 0 Å². The van der Waals surface area contributed by atoms with E-state index in [9.17, 15) is 4.39 Å². The van der Waals surface area contributed by atoms with Gasteiger partial charge in [0.2, 0.25) is 0 Å². The molecule has 1 unspecified atom stereocenters. The van der Waals surface area contributed by atoms with E-state index in [1.807, 2.05) is 5.38 Å². The molecule has 0 aliphatic heterocycles. The number of nitrogens with zero attached hydrogens (tertiary/aromatic N) is 1. The fourth-order valence-electron chi connectivity index (χ4n) is 1.92. The first-order valence-corrected chi connectivity index (χ1v) is 7.67. The van der Waals surface area contributed by atoms with Crippen LogP contribution in [-0.2, 0) is 6.61 Å². The van der Waals surface area contributed by atoms with Gasteiger partial charge in [-0.2, -0.15) is 0 Å². The summed E-state index contributed by atoms with van der Waals surface area (Å²) >= 11 is 1.52. The molecular formula is C15H19FN2OS. The Balaban J connectivity index is 2.10. The maximum absolute atomic E-state index is 13.4. The van der Waals surface area contributed by atoms with Crippen LogP contribution >= 0.6 is 11.3 Å². The van der Waals surface area contributed by atoms with Crippen LogP contribution in [0.5, 0.6) is 5.75 Å². The summed E-state index contributed by atoms with van der Waals surface area (Å²) in [4.78, 5) is 4.16. The topological polar surface area (TPSA) is 34.1 Å².